The Balaban J connectivity index is 2.38. The zero-order valence-corrected chi connectivity index (χ0v) is 13.8. The van der Waals surface area contributed by atoms with Crippen molar-refractivity contribution in [1.29, 1.82) is 0 Å². The first kappa shape index (κ1) is 17.6. The molecule has 0 saturated heterocycles. The van der Waals surface area contributed by atoms with Gasteiger partial charge in [-0.2, -0.15) is 0 Å². The van der Waals surface area contributed by atoms with Crippen molar-refractivity contribution < 1.29 is 13.2 Å². The maximum Gasteiger partial charge on any atom is 0.250 e. The van der Waals surface area contributed by atoms with Crippen molar-refractivity contribution >= 4 is 21.4 Å². The third kappa shape index (κ3) is 6.32. The van der Waals surface area contributed by atoms with Gasteiger partial charge in [0, 0.05) is 24.6 Å². The van der Waals surface area contributed by atoms with Crippen LogP contribution in [0.4, 0.5) is 0 Å². The number of rotatable bonds is 11. The molecule has 0 saturated carbocycles. The van der Waals surface area contributed by atoms with Crippen LogP contribution in [0.2, 0.25) is 0 Å². The molecule has 1 heterocycles. The third-order valence-electron chi connectivity index (χ3n) is 2.63. The topological polar surface area (TPSA) is 67.4 Å². The van der Waals surface area contributed by atoms with E-state index in [0.717, 1.165) is 30.9 Å². The van der Waals surface area contributed by atoms with Gasteiger partial charge in [0.1, 0.15) is 4.21 Å². The molecule has 20 heavy (non-hydrogen) atoms. The minimum absolute atomic E-state index is 0.387. The lowest BCUT2D eigenvalue weighted by Crippen LogP contribution is -2.24. The van der Waals surface area contributed by atoms with Crippen LogP contribution in [0.25, 0.3) is 0 Å². The Hall–Kier alpha value is -0.470. The molecular formula is C13H24N2O3S2. The minimum atomic E-state index is -3.36. The summed E-state index contributed by atoms with van der Waals surface area (Å²) in [5.74, 6) is 0. The molecule has 2 N–H and O–H groups in total. The van der Waals surface area contributed by atoms with Crippen LogP contribution >= 0.6 is 11.3 Å². The molecule has 0 spiro atoms. The number of nitrogens with one attached hydrogen (secondary N) is 2. The molecule has 1 aromatic heterocycles. The van der Waals surface area contributed by atoms with E-state index in [-0.39, 0.29) is 0 Å². The molecule has 0 amide bonds. The highest BCUT2D eigenvalue weighted by Crippen LogP contribution is 2.21. The second kappa shape index (κ2) is 9.46. The number of hydrogen-bond donors (Lipinski definition) is 2. The van der Waals surface area contributed by atoms with Crippen molar-refractivity contribution in [3.8, 4) is 0 Å². The molecule has 5 nitrogen and oxygen atoms in total. The Morgan fingerprint density at radius 3 is 2.75 bits per heavy atom. The highest BCUT2D eigenvalue weighted by Gasteiger charge is 2.15. The van der Waals surface area contributed by atoms with Gasteiger partial charge in [0.15, 0.2) is 0 Å². The molecule has 1 aromatic rings. The third-order valence-corrected chi connectivity index (χ3v) is 5.73. The molecule has 0 aliphatic heterocycles. The average Bonchev–Trinajstić information content (AvgIpc) is 2.90. The smallest absolute Gasteiger partial charge is 0.250 e. The fraction of sp³-hybridized carbons (Fsp3) is 0.692. The van der Waals surface area contributed by atoms with E-state index in [1.54, 1.807) is 6.07 Å². The Kier molecular flexibility index (Phi) is 8.32. The minimum Gasteiger partial charge on any atom is -0.381 e. The summed E-state index contributed by atoms with van der Waals surface area (Å²) in [6.45, 7) is 4.63. The molecule has 1 rings (SSSR count). The molecule has 0 unspecified atom stereocenters. The molecule has 7 heteroatoms. The highest BCUT2D eigenvalue weighted by atomic mass is 32.2. The molecule has 0 radical (unpaired) electrons. The van der Waals surface area contributed by atoms with Gasteiger partial charge in [-0.05, 0) is 45.0 Å². The second-order valence-corrected chi connectivity index (χ2v) is 7.60. The van der Waals surface area contributed by atoms with E-state index in [2.05, 4.69) is 10.0 Å². The lowest BCUT2D eigenvalue weighted by atomic mass is 10.3. The van der Waals surface area contributed by atoms with Gasteiger partial charge in [0.2, 0.25) is 10.0 Å². The molecular weight excluding hydrogens is 296 g/mol. The molecule has 0 atom stereocenters. The van der Waals surface area contributed by atoms with E-state index < -0.39 is 10.0 Å². The van der Waals surface area contributed by atoms with E-state index in [9.17, 15) is 8.42 Å². The molecule has 0 aromatic carbocycles. The molecule has 0 bridgehead atoms. The zero-order valence-electron chi connectivity index (χ0n) is 12.1. The van der Waals surface area contributed by atoms with Gasteiger partial charge in [-0.3, -0.25) is 0 Å². The van der Waals surface area contributed by atoms with E-state index in [0.29, 0.717) is 23.8 Å². The molecule has 0 fully saturated rings. The fourth-order valence-electron chi connectivity index (χ4n) is 1.58. The van der Waals surface area contributed by atoms with E-state index in [1.165, 1.54) is 11.3 Å². The Labute approximate surface area is 125 Å². The summed E-state index contributed by atoms with van der Waals surface area (Å²) in [6, 6.07) is 3.55. The van der Waals surface area contributed by atoms with Crippen LogP contribution in [0.5, 0.6) is 0 Å². The lowest BCUT2D eigenvalue weighted by Gasteiger charge is -2.05. The van der Waals surface area contributed by atoms with Crippen LogP contribution in [0.3, 0.4) is 0 Å². The van der Waals surface area contributed by atoms with Crippen LogP contribution in [-0.4, -0.2) is 41.8 Å². The number of hydrogen-bond acceptors (Lipinski definition) is 5. The van der Waals surface area contributed by atoms with Crippen molar-refractivity contribution in [2.45, 2.75) is 30.4 Å². The second-order valence-electron chi connectivity index (χ2n) is 4.44. The van der Waals surface area contributed by atoms with Gasteiger partial charge in [-0.15, -0.1) is 11.3 Å². The van der Waals surface area contributed by atoms with Gasteiger partial charge in [0.05, 0.1) is 0 Å². The van der Waals surface area contributed by atoms with Crippen LogP contribution in [-0.2, 0) is 21.2 Å². The summed E-state index contributed by atoms with van der Waals surface area (Å²) < 4.78 is 32.4. The Bertz CT molecular complexity index is 472. The van der Waals surface area contributed by atoms with Crippen LogP contribution in [0, 0.1) is 0 Å². The van der Waals surface area contributed by atoms with Crippen molar-refractivity contribution in [2.24, 2.45) is 0 Å². The van der Waals surface area contributed by atoms with Crippen LogP contribution < -0.4 is 10.0 Å². The van der Waals surface area contributed by atoms with E-state index >= 15 is 0 Å². The van der Waals surface area contributed by atoms with Crippen molar-refractivity contribution in [2.75, 3.05) is 33.4 Å². The number of thiophene rings is 1. The number of likely N-dealkylation sites (N-methyl/N-ethyl adjacent to an activating group) is 1. The van der Waals surface area contributed by atoms with Crippen LogP contribution in [0.1, 0.15) is 24.6 Å². The summed E-state index contributed by atoms with van der Waals surface area (Å²) in [5, 5.41) is 3.05. The first-order valence-corrected chi connectivity index (χ1v) is 9.21. The van der Waals surface area contributed by atoms with Gasteiger partial charge in [-0.1, -0.05) is 6.92 Å². The predicted molar refractivity (Wildman–Crippen MR) is 82.9 cm³/mol. The number of sulfonamides is 1. The maximum atomic E-state index is 12.1. The van der Waals surface area contributed by atoms with Gasteiger partial charge >= 0.3 is 0 Å². The maximum absolute atomic E-state index is 12.1. The summed E-state index contributed by atoms with van der Waals surface area (Å²) in [7, 11) is -1.48. The molecule has 0 aliphatic rings. The highest BCUT2D eigenvalue weighted by molar-refractivity contribution is 7.91. The first-order valence-electron chi connectivity index (χ1n) is 6.91. The number of ether oxygens (including phenoxy) is 1. The average molecular weight is 320 g/mol. The van der Waals surface area contributed by atoms with Gasteiger partial charge < -0.3 is 10.1 Å². The zero-order chi connectivity index (χ0) is 14.8. The standard InChI is InChI=1S/C13H24N2O3S2/c1-3-10-18-11-4-8-15-20(16,17)13-6-5-12(19-13)7-9-14-2/h5-6,14-15H,3-4,7-11H2,1-2H3. The van der Waals surface area contributed by atoms with Crippen LogP contribution in [0.15, 0.2) is 16.3 Å². The summed E-state index contributed by atoms with van der Waals surface area (Å²) in [4.78, 5) is 1.08. The predicted octanol–water partition coefficient (Wildman–Crippen LogP) is 1.60. The molecule has 0 aliphatic carbocycles. The largest absolute Gasteiger partial charge is 0.381 e. The summed E-state index contributed by atoms with van der Waals surface area (Å²) in [5.41, 5.74) is 0. The van der Waals surface area contributed by atoms with Gasteiger partial charge in [-0.25, -0.2) is 13.1 Å². The van der Waals surface area contributed by atoms with Crippen molar-refractivity contribution in [1.82, 2.24) is 10.0 Å². The normalized spacial score (nSPS) is 11.9. The van der Waals surface area contributed by atoms with Gasteiger partial charge in [0.25, 0.3) is 0 Å². The van der Waals surface area contributed by atoms with Crippen molar-refractivity contribution in [3.05, 3.63) is 17.0 Å². The lowest BCUT2D eigenvalue weighted by molar-refractivity contribution is 0.133. The quantitative estimate of drug-likeness (QED) is 0.608. The molecule has 116 valence electrons. The Morgan fingerprint density at radius 1 is 1.25 bits per heavy atom. The van der Waals surface area contributed by atoms with E-state index in [1.807, 2.05) is 20.0 Å². The summed E-state index contributed by atoms with van der Waals surface area (Å²) >= 11 is 1.33. The monoisotopic (exact) mass is 320 g/mol. The fourth-order valence-corrected chi connectivity index (χ4v) is 4.06. The SMILES string of the molecule is CCCOCCCNS(=O)(=O)c1ccc(CCNC)s1. The summed E-state index contributed by atoms with van der Waals surface area (Å²) in [6.07, 6.45) is 2.52. The van der Waals surface area contributed by atoms with E-state index in [4.69, 9.17) is 4.74 Å². The van der Waals surface area contributed by atoms with Crippen molar-refractivity contribution in [3.63, 3.8) is 0 Å². The Morgan fingerprint density at radius 2 is 2.05 bits per heavy atom. The first-order chi connectivity index (χ1) is 9.60.